The van der Waals surface area contributed by atoms with E-state index in [0.29, 0.717) is 9.84 Å². The number of primary amides is 1. The molecule has 3 rings (SSSR count). The first-order valence-electron chi connectivity index (χ1n) is 9.19. The van der Waals surface area contributed by atoms with E-state index in [-0.39, 0.29) is 34.8 Å². The van der Waals surface area contributed by atoms with Gasteiger partial charge < -0.3 is 15.2 Å². The van der Waals surface area contributed by atoms with E-state index in [9.17, 15) is 19.2 Å². The molecule has 1 amide bonds. The molecule has 32 heavy (non-hydrogen) atoms. The number of nitrogens with two attached hydrogens (primary N) is 1. The third kappa shape index (κ3) is 4.41. The number of thioether (sulfide) groups is 1. The van der Waals surface area contributed by atoms with Gasteiger partial charge in [-0.15, -0.1) is 0 Å². The van der Waals surface area contributed by atoms with Crippen molar-refractivity contribution in [2.75, 3.05) is 6.79 Å². The summed E-state index contributed by atoms with van der Waals surface area (Å²) in [6.45, 7) is 2.98. The van der Waals surface area contributed by atoms with Gasteiger partial charge in [-0.1, -0.05) is 30.0 Å². The summed E-state index contributed by atoms with van der Waals surface area (Å²) in [5.41, 5.74) is 5.73. The lowest BCUT2D eigenvalue weighted by molar-refractivity contribution is -0.134. The molecule has 0 spiro atoms. The van der Waals surface area contributed by atoms with E-state index in [0.717, 1.165) is 11.8 Å². The van der Waals surface area contributed by atoms with Crippen LogP contribution in [0.25, 0.3) is 10.9 Å². The topological polar surface area (TPSA) is 136 Å². The van der Waals surface area contributed by atoms with E-state index >= 15 is 0 Å². The monoisotopic (exact) mass is 474 g/mol. The Bertz CT molecular complexity index is 1220. The van der Waals surface area contributed by atoms with Crippen LogP contribution < -0.4 is 10.5 Å². The first-order valence-corrected chi connectivity index (χ1v) is 10.5. The van der Waals surface area contributed by atoms with Crippen LogP contribution in [0.5, 0.6) is 5.75 Å². The molecule has 3 aromatic rings. The number of carbonyl (C=O) groups excluding carboxylic acids is 4. The molecule has 0 saturated heterocycles. The molecule has 0 saturated carbocycles. The Kier molecular flexibility index (Phi) is 7.05. The molecule has 1 aromatic carbocycles. The van der Waals surface area contributed by atoms with Gasteiger partial charge in [0.2, 0.25) is 12.7 Å². The van der Waals surface area contributed by atoms with Crippen LogP contribution in [-0.2, 0) is 14.3 Å². The SMILES string of the molecule is Cc1c(C(=O)C(N)=O)c2c(OCOC=O)cccc2n1C(=O)C(C)SC(=S)n1cccn1. The zero-order chi connectivity index (χ0) is 23.4. The van der Waals surface area contributed by atoms with E-state index in [1.54, 1.807) is 37.5 Å². The molecular formula is C20H18N4O6S2. The van der Waals surface area contributed by atoms with Crippen molar-refractivity contribution in [2.24, 2.45) is 5.73 Å². The Labute approximate surface area is 191 Å². The Balaban J connectivity index is 2.09. The molecule has 166 valence electrons. The van der Waals surface area contributed by atoms with Gasteiger partial charge in [0.25, 0.3) is 18.2 Å². The number of benzene rings is 1. The van der Waals surface area contributed by atoms with E-state index in [4.69, 9.17) is 22.7 Å². The second-order valence-corrected chi connectivity index (χ2v) is 8.45. The van der Waals surface area contributed by atoms with Crippen molar-refractivity contribution in [3.63, 3.8) is 0 Å². The van der Waals surface area contributed by atoms with Gasteiger partial charge in [-0.2, -0.15) is 5.10 Å². The van der Waals surface area contributed by atoms with Crippen LogP contribution in [0.2, 0.25) is 0 Å². The van der Waals surface area contributed by atoms with Crippen molar-refractivity contribution in [3.8, 4) is 5.75 Å². The van der Waals surface area contributed by atoms with Gasteiger partial charge >= 0.3 is 0 Å². The number of rotatable bonds is 8. The van der Waals surface area contributed by atoms with Crippen LogP contribution in [0, 0.1) is 6.92 Å². The number of nitrogens with zero attached hydrogens (tertiary/aromatic N) is 3. The predicted octanol–water partition coefficient (Wildman–Crippen LogP) is 1.92. The summed E-state index contributed by atoms with van der Waals surface area (Å²) in [6, 6.07) is 6.44. The van der Waals surface area contributed by atoms with Crippen LogP contribution >= 0.6 is 24.0 Å². The standard InChI is InChI=1S/C20H18N4O6S2/c1-11-15(17(26)18(21)27)16-13(5-3-6-14(16)30-10-29-9-25)24(11)19(28)12(2)32-20(31)23-8-4-7-22-23/h3-9,12H,10H2,1-2H3,(H2,21,27). The van der Waals surface area contributed by atoms with Gasteiger partial charge in [-0.05, 0) is 32.0 Å². The first-order chi connectivity index (χ1) is 15.3. The van der Waals surface area contributed by atoms with Gasteiger partial charge in [0, 0.05) is 18.1 Å². The lowest BCUT2D eigenvalue weighted by atomic mass is 10.1. The van der Waals surface area contributed by atoms with Crippen LogP contribution in [0.15, 0.2) is 36.7 Å². The van der Waals surface area contributed by atoms with Gasteiger partial charge in [0.1, 0.15) is 5.75 Å². The Morgan fingerprint density at radius 1 is 1.31 bits per heavy atom. The Morgan fingerprint density at radius 2 is 2.06 bits per heavy atom. The summed E-state index contributed by atoms with van der Waals surface area (Å²) in [4.78, 5) is 48.1. The lowest BCUT2D eigenvalue weighted by Gasteiger charge is -2.14. The van der Waals surface area contributed by atoms with Gasteiger partial charge in [0.05, 0.1) is 21.7 Å². The van der Waals surface area contributed by atoms with Crippen molar-refractivity contribution >= 4 is 63.3 Å². The summed E-state index contributed by atoms with van der Waals surface area (Å²) < 4.78 is 13.1. The minimum absolute atomic E-state index is 0.0607. The average molecular weight is 475 g/mol. The highest BCUT2D eigenvalue weighted by molar-refractivity contribution is 8.23. The third-order valence-electron chi connectivity index (χ3n) is 4.53. The highest BCUT2D eigenvalue weighted by atomic mass is 32.2. The van der Waals surface area contributed by atoms with Crippen molar-refractivity contribution in [2.45, 2.75) is 19.1 Å². The molecule has 2 aromatic heterocycles. The minimum atomic E-state index is -1.18. The molecule has 0 bridgehead atoms. The number of thiocarbonyl (C=S) groups is 1. The second kappa shape index (κ2) is 9.75. The number of Topliss-reactive ketones (excluding diaryl/α,β-unsaturated/α-hetero) is 1. The van der Waals surface area contributed by atoms with E-state index in [1.165, 1.54) is 22.2 Å². The summed E-state index contributed by atoms with van der Waals surface area (Å²) >= 11 is 6.45. The lowest BCUT2D eigenvalue weighted by Crippen LogP contribution is -2.26. The fourth-order valence-corrected chi connectivity index (χ4v) is 4.44. The van der Waals surface area contributed by atoms with E-state index < -0.39 is 23.7 Å². The number of ketones is 1. The third-order valence-corrected chi connectivity index (χ3v) is 5.95. The summed E-state index contributed by atoms with van der Waals surface area (Å²) in [5.74, 6) is -2.38. The Hall–Kier alpha value is -3.51. The summed E-state index contributed by atoms with van der Waals surface area (Å²) in [7, 11) is 0. The number of carbonyl (C=O) groups is 4. The molecule has 1 atom stereocenters. The quantitative estimate of drug-likeness (QED) is 0.130. The van der Waals surface area contributed by atoms with Crippen molar-refractivity contribution in [3.05, 3.63) is 47.9 Å². The smallest absolute Gasteiger partial charge is 0.295 e. The number of amides is 1. The maximum absolute atomic E-state index is 13.4. The van der Waals surface area contributed by atoms with Crippen LogP contribution in [0.4, 0.5) is 0 Å². The van der Waals surface area contributed by atoms with Crippen molar-refractivity contribution in [1.82, 2.24) is 14.3 Å². The first kappa shape index (κ1) is 23.2. The normalized spacial score (nSPS) is 11.7. The number of ether oxygens (including phenoxy) is 2. The molecule has 10 nitrogen and oxygen atoms in total. The van der Waals surface area contributed by atoms with Crippen LogP contribution in [0.3, 0.4) is 0 Å². The van der Waals surface area contributed by atoms with Gasteiger partial charge in [0.15, 0.2) is 4.32 Å². The zero-order valence-corrected chi connectivity index (χ0v) is 18.6. The average Bonchev–Trinajstić information content (AvgIpc) is 3.39. The summed E-state index contributed by atoms with van der Waals surface area (Å²) in [5, 5.41) is 3.61. The summed E-state index contributed by atoms with van der Waals surface area (Å²) in [6.07, 6.45) is 3.23. The molecular weight excluding hydrogens is 456 g/mol. The molecule has 1 unspecified atom stereocenters. The molecule has 0 radical (unpaired) electrons. The zero-order valence-electron chi connectivity index (χ0n) is 17.0. The fourth-order valence-electron chi connectivity index (χ4n) is 3.18. The van der Waals surface area contributed by atoms with Crippen molar-refractivity contribution < 1.29 is 28.7 Å². The van der Waals surface area contributed by atoms with Crippen LogP contribution in [-0.4, -0.2) is 54.8 Å². The molecule has 2 heterocycles. The number of hydrogen-bond donors (Lipinski definition) is 1. The van der Waals surface area contributed by atoms with E-state index in [1.807, 2.05) is 0 Å². The van der Waals surface area contributed by atoms with Gasteiger partial charge in [-0.3, -0.25) is 23.7 Å². The van der Waals surface area contributed by atoms with Crippen LogP contribution in [0.1, 0.15) is 27.8 Å². The largest absolute Gasteiger partial charge is 0.457 e. The maximum Gasteiger partial charge on any atom is 0.295 e. The number of fused-ring (bicyclic) bond motifs is 1. The molecule has 0 aliphatic rings. The second-order valence-electron chi connectivity index (χ2n) is 6.48. The van der Waals surface area contributed by atoms with Crippen molar-refractivity contribution in [1.29, 1.82) is 0 Å². The Morgan fingerprint density at radius 3 is 2.69 bits per heavy atom. The van der Waals surface area contributed by atoms with Gasteiger partial charge in [-0.25, -0.2) is 4.68 Å². The maximum atomic E-state index is 13.4. The molecule has 0 fully saturated rings. The fraction of sp³-hybridized carbons (Fsp3) is 0.200. The number of hydrogen-bond acceptors (Lipinski definition) is 9. The molecule has 0 aliphatic heterocycles. The molecule has 2 N–H and O–H groups in total. The highest BCUT2D eigenvalue weighted by Gasteiger charge is 2.30. The molecule has 12 heteroatoms. The van der Waals surface area contributed by atoms with E-state index in [2.05, 4.69) is 9.84 Å². The molecule has 0 aliphatic carbocycles. The highest BCUT2D eigenvalue weighted by Crippen LogP contribution is 2.35. The number of aromatic nitrogens is 3. The minimum Gasteiger partial charge on any atom is -0.457 e. The predicted molar refractivity (Wildman–Crippen MR) is 121 cm³/mol.